The standard InChI is InChI=1S/C15H18O2/c1-5-10-6-7-12-11(8-10)9-13(17-4)14(16)15(12,2)3/h5-8,13H,1,9H2,2-4H3. The molecule has 0 aromatic heterocycles. The van der Waals surface area contributed by atoms with E-state index in [0.717, 1.165) is 11.1 Å². The summed E-state index contributed by atoms with van der Waals surface area (Å²) in [7, 11) is 1.60. The van der Waals surface area contributed by atoms with Gasteiger partial charge in [-0.3, -0.25) is 4.79 Å². The fraction of sp³-hybridized carbons (Fsp3) is 0.400. The molecule has 17 heavy (non-hydrogen) atoms. The van der Waals surface area contributed by atoms with Crippen LogP contribution in [0.5, 0.6) is 0 Å². The normalized spacial score (nSPS) is 22.1. The van der Waals surface area contributed by atoms with Gasteiger partial charge in [0.25, 0.3) is 0 Å². The highest BCUT2D eigenvalue weighted by Gasteiger charge is 2.41. The predicted molar refractivity (Wildman–Crippen MR) is 69.1 cm³/mol. The van der Waals surface area contributed by atoms with Gasteiger partial charge in [-0.1, -0.05) is 30.9 Å². The van der Waals surface area contributed by atoms with Crippen molar-refractivity contribution in [2.24, 2.45) is 0 Å². The van der Waals surface area contributed by atoms with E-state index in [-0.39, 0.29) is 11.9 Å². The number of carbonyl (C=O) groups excluding carboxylic acids is 1. The molecule has 0 heterocycles. The molecule has 1 atom stereocenters. The first-order valence-electron chi connectivity index (χ1n) is 5.83. The molecule has 2 heteroatoms. The zero-order valence-electron chi connectivity index (χ0n) is 10.6. The Morgan fingerprint density at radius 2 is 2.18 bits per heavy atom. The van der Waals surface area contributed by atoms with Gasteiger partial charge in [-0.15, -0.1) is 0 Å². The van der Waals surface area contributed by atoms with Crippen LogP contribution < -0.4 is 0 Å². The number of methoxy groups -OCH3 is 1. The van der Waals surface area contributed by atoms with Crippen molar-refractivity contribution in [2.75, 3.05) is 7.11 Å². The average molecular weight is 230 g/mol. The Hall–Kier alpha value is -1.41. The molecule has 1 aliphatic rings. The lowest BCUT2D eigenvalue weighted by molar-refractivity contribution is -0.134. The third-order valence-electron chi connectivity index (χ3n) is 3.64. The van der Waals surface area contributed by atoms with Crippen molar-refractivity contribution in [1.29, 1.82) is 0 Å². The molecule has 0 N–H and O–H groups in total. The minimum Gasteiger partial charge on any atom is -0.373 e. The summed E-state index contributed by atoms with van der Waals surface area (Å²) in [6, 6.07) is 6.15. The fourth-order valence-corrected chi connectivity index (χ4v) is 2.54. The summed E-state index contributed by atoms with van der Waals surface area (Å²) in [6.45, 7) is 7.70. The summed E-state index contributed by atoms with van der Waals surface area (Å²) in [5.41, 5.74) is 2.93. The zero-order chi connectivity index (χ0) is 12.6. The summed E-state index contributed by atoms with van der Waals surface area (Å²) in [4.78, 5) is 12.3. The summed E-state index contributed by atoms with van der Waals surface area (Å²) in [5, 5.41) is 0. The van der Waals surface area contributed by atoms with E-state index in [1.54, 1.807) is 7.11 Å². The monoisotopic (exact) mass is 230 g/mol. The van der Waals surface area contributed by atoms with Crippen molar-refractivity contribution in [3.05, 3.63) is 41.5 Å². The van der Waals surface area contributed by atoms with Gasteiger partial charge in [-0.25, -0.2) is 0 Å². The Bertz CT molecular complexity index is 472. The summed E-state index contributed by atoms with van der Waals surface area (Å²) >= 11 is 0. The highest BCUT2D eigenvalue weighted by atomic mass is 16.5. The number of carbonyl (C=O) groups is 1. The second-order valence-corrected chi connectivity index (χ2v) is 5.04. The number of Topliss-reactive ketones (excluding diaryl/α,β-unsaturated/α-hetero) is 1. The smallest absolute Gasteiger partial charge is 0.171 e. The molecule has 0 bridgehead atoms. The number of ether oxygens (including phenoxy) is 1. The van der Waals surface area contributed by atoms with E-state index < -0.39 is 5.41 Å². The van der Waals surface area contributed by atoms with Gasteiger partial charge in [0.2, 0.25) is 0 Å². The van der Waals surface area contributed by atoms with E-state index >= 15 is 0 Å². The Labute approximate surface area is 102 Å². The first kappa shape index (κ1) is 12.1. The lowest BCUT2D eigenvalue weighted by atomic mass is 9.70. The van der Waals surface area contributed by atoms with E-state index in [0.29, 0.717) is 6.42 Å². The SMILES string of the molecule is C=Cc1ccc2c(c1)CC(OC)C(=O)C2(C)C. The molecule has 0 aliphatic heterocycles. The zero-order valence-corrected chi connectivity index (χ0v) is 10.6. The number of hydrogen-bond donors (Lipinski definition) is 0. The van der Waals surface area contributed by atoms with Crippen molar-refractivity contribution in [1.82, 2.24) is 0 Å². The van der Waals surface area contributed by atoms with Crippen LogP contribution >= 0.6 is 0 Å². The maximum absolute atomic E-state index is 12.3. The van der Waals surface area contributed by atoms with Crippen LogP contribution in [0, 0.1) is 0 Å². The number of rotatable bonds is 2. The molecular formula is C15H18O2. The fourth-order valence-electron chi connectivity index (χ4n) is 2.54. The van der Waals surface area contributed by atoms with Crippen LogP contribution in [0.15, 0.2) is 24.8 Å². The molecule has 90 valence electrons. The van der Waals surface area contributed by atoms with Crippen molar-refractivity contribution in [3.8, 4) is 0 Å². The summed E-state index contributed by atoms with van der Waals surface area (Å²) in [5.74, 6) is 0.166. The van der Waals surface area contributed by atoms with Crippen molar-refractivity contribution in [2.45, 2.75) is 31.8 Å². The predicted octanol–water partition coefficient (Wildman–Crippen LogP) is 2.75. The van der Waals surface area contributed by atoms with E-state index in [4.69, 9.17) is 4.74 Å². The van der Waals surface area contributed by atoms with E-state index in [1.807, 2.05) is 32.1 Å². The van der Waals surface area contributed by atoms with Gasteiger partial charge in [0.05, 0.1) is 5.41 Å². The van der Waals surface area contributed by atoms with Gasteiger partial charge in [0.15, 0.2) is 5.78 Å². The first-order chi connectivity index (χ1) is 8.00. The van der Waals surface area contributed by atoms with Crippen molar-refractivity contribution >= 4 is 11.9 Å². The molecule has 2 rings (SSSR count). The topological polar surface area (TPSA) is 26.3 Å². The van der Waals surface area contributed by atoms with Crippen LogP contribution in [0.2, 0.25) is 0 Å². The molecule has 2 nitrogen and oxygen atoms in total. The van der Waals surface area contributed by atoms with Crippen LogP contribution in [0.3, 0.4) is 0 Å². The summed E-state index contributed by atoms with van der Waals surface area (Å²) in [6.07, 6.45) is 2.17. The quantitative estimate of drug-likeness (QED) is 0.781. The largest absolute Gasteiger partial charge is 0.373 e. The minimum atomic E-state index is -0.464. The first-order valence-corrected chi connectivity index (χ1v) is 5.83. The van der Waals surface area contributed by atoms with Crippen LogP contribution in [0.25, 0.3) is 6.08 Å². The Morgan fingerprint density at radius 3 is 2.76 bits per heavy atom. The summed E-state index contributed by atoms with van der Waals surface area (Å²) < 4.78 is 5.29. The molecule has 0 fully saturated rings. The molecule has 1 unspecified atom stereocenters. The highest BCUT2D eigenvalue weighted by molar-refractivity contribution is 5.95. The molecule has 0 saturated heterocycles. The van der Waals surface area contributed by atoms with Gasteiger partial charge in [-0.2, -0.15) is 0 Å². The number of fused-ring (bicyclic) bond motifs is 1. The maximum Gasteiger partial charge on any atom is 0.171 e. The number of hydrogen-bond acceptors (Lipinski definition) is 2. The van der Waals surface area contributed by atoms with Crippen LogP contribution in [0.4, 0.5) is 0 Å². The second kappa shape index (κ2) is 4.11. The van der Waals surface area contributed by atoms with Crippen LogP contribution in [-0.4, -0.2) is 19.0 Å². The number of benzene rings is 1. The number of ketones is 1. The maximum atomic E-state index is 12.3. The lowest BCUT2D eigenvalue weighted by Crippen LogP contribution is -2.44. The molecule has 1 aromatic carbocycles. The lowest BCUT2D eigenvalue weighted by Gasteiger charge is -2.35. The van der Waals surface area contributed by atoms with E-state index in [1.165, 1.54) is 5.56 Å². The molecule has 0 amide bonds. The Morgan fingerprint density at radius 1 is 1.47 bits per heavy atom. The molecule has 0 saturated carbocycles. The minimum absolute atomic E-state index is 0.166. The van der Waals surface area contributed by atoms with Crippen LogP contribution in [-0.2, 0) is 21.4 Å². The highest BCUT2D eigenvalue weighted by Crippen LogP contribution is 2.35. The molecule has 1 aliphatic carbocycles. The molecular weight excluding hydrogens is 212 g/mol. The van der Waals surface area contributed by atoms with E-state index in [2.05, 4.69) is 12.6 Å². The second-order valence-electron chi connectivity index (χ2n) is 5.04. The van der Waals surface area contributed by atoms with Gasteiger partial charge >= 0.3 is 0 Å². The Kier molecular flexibility index (Phi) is 2.92. The van der Waals surface area contributed by atoms with Gasteiger partial charge in [0.1, 0.15) is 6.10 Å². The third-order valence-corrected chi connectivity index (χ3v) is 3.64. The van der Waals surface area contributed by atoms with E-state index in [9.17, 15) is 4.79 Å². The Balaban J connectivity index is 2.56. The molecule has 0 spiro atoms. The van der Waals surface area contributed by atoms with Crippen molar-refractivity contribution in [3.63, 3.8) is 0 Å². The van der Waals surface area contributed by atoms with Crippen LogP contribution in [0.1, 0.15) is 30.5 Å². The van der Waals surface area contributed by atoms with Gasteiger partial charge < -0.3 is 4.74 Å². The average Bonchev–Trinajstić information content (AvgIpc) is 2.33. The molecule has 1 aromatic rings. The van der Waals surface area contributed by atoms with Gasteiger partial charge in [-0.05, 0) is 30.5 Å². The molecule has 0 radical (unpaired) electrons. The third kappa shape index (κ3) is 1.83. The van der Waals surface area contributed by atoms with Crippen molar-refractivity contribution < 1.29 is 9.53 Å². The van der Waals surface area contributed by atoms with Gasteiger partial charge in [0, 0.05) is 13.5 Å².